The Labute approximate surface area is 245 Å². The molecule has 1 aliphatic heterocycles. The monoisotopic (exact) mass is 570 g/mol. The number of halogens is 1. The second kappa shape index (κ2) is 14.8. The fraction of sp³-hybridized carbons (Fsp3) is 0.312. The van der Waals surface area contributed by atoms with Gasteiger partial charge in [0.1, 0.15) is 24.6 Å². The third-order valence-corrected chi connectivity index (χ3v) is 7.36. The number of urea groups is 1. The van der Waals surface area contributed by atoms with Crippen LogP contribution in [-0.2, 0) is 29.0 Å². The molecule has 9 nitrogen and oxygen atoms in total. The van der Waals surface area contributed by atoms with Crippen LogP contribution in [0, 0.1) is 17.1 Å². The Morgan fingerprint density at radius 2 is 1.67 bits per heavy atom. The molecule has 0 saturated carbocycles. The predicted molar refractivity (Wildman–Crippen MR) is 156 cm³/mol. The molecule has 2 atom stereocenters. The molecule has 1 aliphatic rings. The van der Waals surface area contributed by atoms with Crippen molar-refractivity contribution >= 4 is 18.3 Å². The summed E-state index contributed by atoms with van der Waals surface area (Å²) in [5, 5.41) is 15.5. The van der Waals surface area contributed by atoms with Crippen LogP contribution in [0.25, 0.3) is 0 Å². The number of hydrogen-bond donors (Lipinski definition) is 1. The molecular weight excluding hydrogens is 535 g/mol. The van der Waals surface area contributed by atoms with E-state index in [4.69, 9.17) is 0 Å². The minimum absolute atomic E-state index is 0.0464. The maximum atomic E-state index is 13.9. The Morgan fingerprint density at radius 3 is 2.26 bits per heavy atom. The molecule has 1 heterocycles. The number of nitrogens with one attached hydrogen (secondary N) is 1. The summed E-state index contributed by atoms with van der Waals surface area (Å²) in [7, 11) is 0. The predicted octanol–water partition coefficient (Wildman–Crippen LogP) is 3.58. The number of nitrogens with zero attached hydrogens (tertiary/aromatic N) is 5. The lowest BCUT2D eigenvalue weighted by atomic mass is 10.00. The molecule has 0 aromatic heterocycles. The summed E-state index contributed by atoms with van der Waals surface area (Å²) in [6, 6.07) is 25.7. The van der Waals surface area contributed by atoms with Crippen molar-refractivity contribution in [3.05, 3.63) is 107 Å². The van der Waals surface area contributed by atoms with Gasteiger partial charge in [-0.25, -0.2) is 19.2 Å². The molecule has 0 bridgehead atoms. The fourth-order valence-corrected chi connectivity index (χ4v) is 5.15. The van der Waals surface area contributed by atoms with Gasteiger partial charge in [0.05, 0.1) is 12.6 Å². The average molecular weight is 571 g/mol. The highest BCUT2D eigenvalue weighted by atomic mass is 19.1. The van der Waals surface area contributed by atoms with Crippen molar-refractivity contribution in [2.45, 2.75) is 38.5 Å². The van der Waals surface area contributed by atoms with Crippen molar-refractivity contribution in [3.63, 3.8) is 0 Å². The quantitative estimate of drug-likeness (QED) is 0.204. The van der Waals surface area contributed by atoms with Crippen molar-refractivity contribution in [2.24, 2.45) is 0 Å². The molecule has 0 aliphatic carbocycles. The number of piperazine rings is 1. The largest absolute Gasteiger partial charge is 0.337 e. The van der Waals surface area contributed by atoms with E-state index in [2.05, 4.69) is 11.4 Å². The molecular formula is C32H35FN6O3. The summed E-state index contributed by atoms with van der Waals surface area (Å²) in [5.74, 6) is -0.580. The van der Waals surface area contributed by atoms with Crippen LogP contribution in [0.15, 0.2) is 84.9 Å². The first-order valence-corrected chi connectivity index (χ1v) is 14.0. The van der Waals surface area contributed by atoms with E-state index in [1.54, 1.807) is 22.0 Å². The fourth-order valence-electron chi connectivity index (χ4n) is 5.15. The number of nitriles is 1. The van der Waals surface area contributed by atoms with Gasteiger partial charge in [-0.1, -0.05) is 79.7 Å². The van der Waals surface area contributed by atoms with Gasteiger partial charge in [-0.2, -0.15) is 5.26 Å². The van der Waals surface area contributed by atoms with Crippen molar-refractivity contribution in [1.29, 1.82) is 5.26 Å². The first kappa shape index (κ1) is 30.2. The molecule has 1 fully saturated rings. The summed E-state index contributed by atoms with van der Waals surface area (Å²) in [4.78, 5) is 43.4. The van der Waals surface area contributed by atoms with Gasteiger partial charge in [-0.15, -0.1) is 0 Å². The second-order valence-corrected chi connectivity index (χ2v) is 10.0. The second-order valence-electron chi connectivity index (χ2n) is 10.0. The van der Waals surface area contributed by atoms with Crippen LogP contribution in [0.1, 0.15) is 23.6 Å². The molecule has 10 heteroatoms. The van der Waals surface area contributed by atoms with Gasteiger partial charge in [0.15, 0.2) is 0 Å². The number of hydrazine groups is 1. The van der Waals surface area contributed by atoms with Gasteiger partial charge in [0, 0.05) is 26.1 Å². The molecule has 3 aromatic rings. The maximum Gasteiger partial charge on any atom is 0.334 e. The van der Waals surface area contributed by atoms with E-state index in [-0.39, 0.29) is 37.8 Å². The molecule has 1 N–H and O–H groups in total. The summed E-state index contributed by atoms with van der Waals surface area (Å²) < 4.78 is 13.5. The van der Waals surface area contributed by atoms with E-state index in [1.165, 1.54) is 22.0 Å². The molecule has 218 valence electrons. The summed E-state index contributed by atoms with van der Waals surface area (Å²) >= 11 is 0. The van der Waals surface area contributed by atoms with Crippen LogP contribution < -0.4 is 5.32 Å². The topological polar surface area (TPSA) is 100.0 Å². The minimum Gasteiger partial charge on any atom is -0.337 e. The van der Waals surface area contributed by atoms with Gasteiger partial charge in [0.2, 0.25) is 12.3 Å². The van der Waals surface area contributed by atoms with Crippen LogP contribution in [0.5, 0.6) is 0 Å². The minimum atomic E-state index is -0.873. The van der Waals surface area contributed by atoms with E-state index in [0.717, 1.165) is 16.7 Å². The van der Waals surface area contributed by atoms with Crippen molar-refractivity contribution in [3.8, 4) is 6.07 Å². The number of amides is 4. The summed E-state index contributed by atoms with van der Waals surface area (Å²) in [5.41, 5.74) is 2.62. The molecule has 1 saturated heterocycles. The van der Waals surface area contributed by atoms with E-state index in [9.17, 15) is 24.0 Å². The van der Waals surface area contributed by atoms with Crippen LogP contribution in [0.4, 0.5) is 9.18 Å². The number of rotatable bonds is 12. The first-order chi connectivity index (χ1) is 20.4. The number of carbonyl (C=O) groups is 3. The third kappa shape index (κ3) is 7.50. The highest BCUT2D eigenvalue weighted by Crippen LogP contribution is 2.24. The van der Waals surface area contributed by atoms with Gasteiger partial charge in [-0.05, 0) is 35.2 Å². The van der Waals surface area contributed by atoms with Crippen LogP contribution in [0.3, 0.4) is 0 Å². The summed E-state index contributed by atoms with van der Waals surface area (Å²) in [6.07, 6.45) is 0.469. The Balaban J connectivity index is 1.67. The smallest absolute Gasteiger partial charge is 0.334 e. The lowest BCUT2D eigenvalue weighted by Crippen LogP contribution is -2.71. The van der Waals surface area contributed by atoms with Gasteiger partial charge in [-0.3, -0.25) is 9.59 Å². The lowest BCUT2D eigenvalue weighted by Gasteiger charge is -2.50. The Bertz CT molecular complexity index is 1370. The normalized spacial score (nSPS) is 16.7. The van der Waals surface area contributed by atoms with Crippen LogP contribution in [-0.4, -0.2) is 76.6 Å². The summed E-state index contributed by atoms with van der Waals surface area (Å²) in [6.45, 7) is 2.65. The van der Waals surface area contributed by atoms with Crippen LogP contribution in [0.2, 0.25) is 0 Å². The molecule has 3 aromatic carbocycles. The van der Waals surface area contributed by atoms with Crippen molar-refractivity contribution in [1.82, 2.24) is 25.1 Å². The maximum absolute atomic E-state index is 13.9. The zero-order valence-electron chi connectivity index (χ0n) is 23.6. The molecule has 4 rings (SSSR count). The zero-order chi connectivity index (χ0) is 29.9. The van der Waals surface area contributed by atoms with Crippen LogP contribution >= 0.6 is 0 Å². The van der Waals surface area contributed by atoms with E-state index < -0.39 is 18.2 Å². The molecule has 0 spiro atoms. The lowest BCUT2D eigenvalue weighted by molar-refractivity contribution is -0.165. The number of benzene rings is 3. The highest BCUT2D eigenvalue weighted by Gasteiger charge is 2.45. The van der Waals surface area contributed by atoms with Gasteiger partial charge < -0.3 is 15.1 Å². The standard InChI is InChI=1S/C32H35FN6O3/c1-2-37(20-18-34)39(32(42)35-22-27-11-7-4-8-12-27)30-23-36(19-17-25-13-15-28(33)16-14-25)31(41)29(38(30)24-40)21-26-9-5-3-6-10-26/h3-16,24,29-30H,2,17,19-23H2,1H3,(H,35,42)/t29-,30?/m0/s1. The molecule has 4 amide bonds. The Morgan fingerprint density at radius 1 is 1.02 bits per heavy atom. The SMILES string of the molecule is CCN(CC#N)N(C(=O)NCc1ccccc1)C1CN(CCc2ccc(F)cc2)C(=O)[C@H](Cc2ccccc2)N1C=O. The van der Waals surface area contributed by atoms with Gasteiger partial charge in [0.25, 0.3) is 0 Å². The van der Waals surface area contributed by atoms with E-state index in [0.29, 0.717) is 25.9 Å². The Kier molecular flexibility index (Phi) is 10.6. The number of hydrogen-bond acceptors (Lipinski definition) is 5. The van der Waals surface area contributed by atoms with E-state index >= 15 is 0 Å². The zero-order valence-corrected chi connectivity index (χ0v) is 23.6. The average Bonchev–Trinajstić information content (AvgIpc) is 3.02. The van der Waals surface area contributed by atoms with Gasteiger partial charge >= 0.3 is 6.03 Å². The first-order valence-electron chi connectivity index (χ1n) is 14.0. The third-order valence-electron chi connectivity index (χ3n) is 7.36. The highest BCUT2D eigenvalue weighted by molar-refractivity contribution is 5.86. The number of carbonyl (C=O) groups excluding carboxylic acids is 3. The molecule has 1 unspecified atom stereocenters. The van der Waals surface area contributed by atoms with E-state index in [1.807, 2.05) is 67.6 Å². The Hall–Kier alpha value is -4.75. The van der Waals surface area contributed by atoms with Crippen molar-refractivity contribution in [2.75, 3.05) is 26.2 Å². The van der Waals surface area contributed by atoms with Crippen molar-refractivity contribution < 1.29 is 18.8 Å². The molecule has 42 heavy (non-hydrogen) atoms. The molecule has 0 radical (unpaired) electrons.